The maximum atomic E-state index is 12.6. The number of sulfone groups is 1. The van der Waals surface area contributed by atoms with Crippen LogP contribution in [0.2, 0.25) is 15.1 Å². The molecular formula is C7Cl3F3N2O6S. The zero-order valence-corrected chi connectivity index (χ0v) is 12.6. The first-order valence-corrected chi connectivity index (χ1v) is 7.17. The first-order valence-electron chi connectivity index (χ1n) is 4.55. The molecule has 0 atom stereocenters. The van der Waals surface area contributed by atoms with Crippen LogP contribution in [0.3, 0.4) is 0 Å². The van der Waals surface area contributed by atoms with Crippen molar-refractivity contribution in [1.82, 2.24) is 0 Å². The van der Waals surface area contributed by atoms with Gasteiger partial charge in [-0.3, -0.25) is 20.2 Å². The summed E-state index contributed by atoms with van der Waals surface area (Å²) in [5.41, 5.74) is -9.11. The molecule has 0 fully saturated rings. The van der Waals surface area contributed by atoms with E-state index in [4.69, 9.17) is 34.8 Å². The molecule has 0 N–H and O–H groups in total. The van der Waals surface area contributed by atoms with Crippen molar-refractivity contribution >= 4 is 56.0 Å². The minimum Gasteiger partial charge on any atom is -0.258 e. The summed E-state index contributed by atoms with van der Waals surface area (Å²) in [6.45, 7) is 0. The predicted molar refractivity (Wildman–Crippen MR) is 68.0 cm³/mol. The maximum Gasteiger partial charge on any atom is 0.502 e. The Morgan fingerprint density at radius 1 is 0.864 bits per heavy atom. The van der Waals surface area contributed by atoms with Crippen LogP contribution in [0.4, 0.5) is 24.5 Å². The van der Waals surface area contributed by atoms with E-state index in [1.54, 1.807) is 0 Å². The SMILES string of the molecule is O=[N+]([O-])c1c(Cl)c([N+](=O)[O-])c(Cl)c(S(=O)(=O)C(F)(F)F)c1Cl. The van der Waals surface area contributed by atoms with Gasteiger partial charge in [0.05, 0.1) is 9.85 Å². The Hall–Kier alpha value is -1.37. The molecule has 0 aliphatic heterocycles. The first-order chi connectivity index (χ1) is 9.75. The van der Waals surface area contributed by atoms with Gasteiger partial charge in [0.2, 0.25) is 0 Å². The summed E-state index contributed by atoms with van der Waals surface area (Å²) < 4.78 is 60.5. The molecule has 0 aromatic heterocycles. The average molecular weight is 404 g/mol. The Kier molecular flexibility index (Phi) is 4.82. The van der Waals surface area contributed by atoms with E-state index in [-0.39, 0.29) is 0 Å². The van der Waals surface area contributed by atoms with Crippen LogP contribution in [-0.2, 0) is 9.84 Å². The molecule has 22 heavy (non-hydrogen) atoms. The lowest BCUT2D eigenvalue weighted by atomic mass is 10.2. The summed E-state index contributed by atoms with van der Waals surface area (Å²) in [5, 5.41) is 17.0. The number of nitrogens with zero attached hydrogens (tertiary/aromatic N) is 2. The number of hydrogen-bond acceptors (Lipinski definition) is 6. The number of nitro groups is 2. The third-order valence-electron chi connectivity index (χ3n) is 2.17. The highest BCUT2D eigenvalue weighted by molar-refractivity contribution is 7.92. The van der Waals surface area contributed by atoms with Crippen LogP contribution in [0.25, 0.3) is 0 Å². The molecule has 1 aromatic rings. The normalized spacial score (nSPS) is 12.3. The lowest BCUT2D eigenvalue weighted by Gasteiger charge is -2.12. The number of halogens is 6. The van der Waals surface area contributed by atoms with E-state index in [2.05, 4.69) is 0 Å². The van der Waals surface area contributed by atoms with Gasteiger partial charge in [-0.2, -0.15) is 13.2 Å². The molecule has 1 rings (SSSR count). The van der Waals surface area contributed by atoms with Crippen LogP contribution >= 0.6 is 34.8 Å². The molecule has 0 spiro atoms. The number of hydrogen-bond donors (Lipinski definition) is 0. The fourth-order valence-corrected chi connectivity index (χ4v) is 3.78. The largest absolute Gasteiger partial charge is 0.502 e. The smallest absolute Gasteiger partial charge is 0.258 e. The van der Waals surface area contributed by atoms with Crippen molar-refractivity contribution in [3.63, 3.8) is 0 Å². The van der Waals surface area contributed by atoms with Gasteiger partial charge in [-0.15, -0.1) is 0 Å². The fraction of sp³-hybridized carbons (Fsp3) is 0.143. The lowest BCUT2D eigenvalue weighted by Crippen LogP contribution is -2.24. The number of benzene rings is 1. The van der Waals surface area contributed by atoms with E-state index in [1.807, 2.05) is 0 Å². The van der Waals surface area contributed by atoms with Crippen LogP contribution in [0.15, 0.2) is 4.90 Å². The maximum absolute atomic E-state index is 12.6. The summed E-state index contributed by atoms with van der Waals surface area (Å²) in [7, 11) is -6.30. The Balaban J connectivity index is 4.14. The molecule has 0 amide bonds. The Bertz CT molecular complexity index is 753. The second kappa shape index (κ2) is 5.68. The molecular weight excluding hydrogens is 404 g/mol. The van der Waals surface area contributed by atoms with Gasteiger partial charge >= 0.3 is 16.9 Å². The van der Waals surface area contributed by atoms with Crippen LogP contribution in [0, 0.1) is 20.2 Å². The lowest BCUT2D eigenvalue weighted by molar-refractivity contribution is -0.394. The summed E-state index contributed by atoms with van der Waals surface area (Å²) in [5.74, 6) is 0. The molecule has 0 radical (unpaired) electrons. The zero-order chi connectivity index (χ0) is 17.6. The monoisotopic (exact) mass is 402 g/mol. The highest BCUT2D eigenvalue weighted by Crippen LogP contribution is 2.51. The molecule has 15 heteroatoms. The average Bonchev–Trinajstić information content (AvgIpc) is 2.24. The minimum atomic E-state index is -6.30. The quantitative estimate of drug-likeness (QED) is 0.560. The molecule has 0 heterocycles. The summed E-state index contributed by atoms with van der Waals surface area (Å²) in [6, 6.07) is 0. The summed E-state index contributed by atoms with van der Waals surface area (Å²) >= 11 is 15.9. The van der Waals surface area contributed by atoms with E-state index >= 15 is 0 Å². The molecule has 0 aliphatic carbocycles. The molecule has 0 saturated carbocycles. The Morgan fingerprint density at radius 3 is 1.41 bits per heavy atom. The predicted octanol–water partition coefficient (Wildman–Crippen LogP) is 3.76. The van der Waals surface area contributed by atoms with Crippen molar-refractivity contribution in [3.8, 4) is 0 Å². The minimum absolute atomic E-state index is 1.30. The molecule has 0 saturated heterocycles. The van der Waals surface area contributed by atoms with Crippen LogP contribution in [0.1, 0.15) is 0 Å². The first kappa shape index (κ1) is 18.7. The van der Waals surface area contributed by atoms with Gasteiger partial charge in [0.25, 0.3) is 9.84 Å². The van der Waals surface area contributed by atoms with Crippen molar-refractivity contribution in [2.75, 3.05) is 0 Å². The number of rotatable bonds is 3. The zero-order valence-electron chi connectivity index (χ0n) is 9.52. The van der Waals surface area contributed by atoms with E-state index < -0.39 is 56.5 Å². The summed E-state index contributed by atoms with van der Waals surface area (Å²) in [6.07, 6.45) is 0. The second-order valence-electron chi connectivity index (χ2n) is 3.43. The molecule has 1 aromatic carbocycles. The van der Waals surface area contributed by atoms with E-state index in [0.717, 1.165) is 0 Å². The van der Waals surface area contributed by atoms with Gasteiger partial charge in [-0.1, -0.05) is 34.8 Å². The van der Waals surface area contributed by atoms with E-state index in [9.17, 15) is 41.8 Å². The number of alkyl halides is 3. The van der Waals surface area contributed by atoms with Gasteiger partial charge in [0.15, 0.2) is 5.02 Å². The Morgan fingerprint density at radius 2 is 1.18 bits per heavy atom. The van der Waals surface area contributed by atoms with Crippen LogP contribution in [0.5, 0.6) is 0 Å². The molecule has 0 unspecified atom stereocenters. The topological polar surface area (TPSA) is 120 Å². The van der Waals surface area contributed by atoms with Crippen LogP contribution in [-0.4, -0.2) is 23.8 Å². The number of nitro benzene ring substituents is 2. The van der Waals surface area contributed by atoms with Crippen molar-refractivity contribution < 1.29 is 31.4 Å². The molecule has 0 bridgehead atoms. The van der Waals surface area contributed by atoms with E-state index in [0.29, 0.717) is 0 Å². The second-order valence-corrected chi connectivity index (χ2v) is 6.44. The van der Waals surface area contributed by atoms with Gasteiger partial charge in [0.1, 0.15) is 14.9 Å². The van der Waals surface area contributed by atoms with Crippen molar-refractivity contribution in [2.24, 2.45) is 0 Å². The van der Waals surface area contributed by atoms with Crippen molar-refractivity contribution in [2.45, 2.75) is 10.4 Å². The summed E-state index contributed by atoms with van der Waals surface area (Å²) in [4.78, 5) is 16.6. The van der Waals surface area contributed by atoms with Crippen LogP contribution < -0.4 is 0 Å². The van der Waals surface area contributed by atoms with Gasteiger partial charge in [0, 0.05) is 0 Å². The fourth-order valence-electron chi connectivity index (χ4n) is 1.29. The van der Waals surface area contributed by atoms with Gasteiger partial charge in [-0.05, 0) is 0 Å². The molecule has 8 nitrogen and oxygen atoms in total. The van der Waals surface area contributed by atoms with Gasteiger partial charge < -0.3 is 0 Å². The van der Waals surface area contributed by atoms with Crippen molar-refractivity contribution in [1.29, 1.82) is 0 Å². The van der Waals surface area contributed by atoms with Crippen molar-refractivity contribution in [3.05, 3.63) is 35.3 Å². The van der Waals surface area contributed by atoms with E-state index in [1.165, 1.54) is 0 Å². The molecule has 122 valence electrons. The third-order valence-corrected chi connectivity index (χ3v) is 5.04. The van der Waals surface area contributed by atoms with Gasteiger partial charge in [-0.25, -0.2) is 8.42 Å². The Labute approximate surface area is 133 Å². The highest BCUT2D eigenvalue weighted by atomic mass is 35.5. The molecule has 0 aliphatic rings. The third kappa shape index (κ3) is 2.78. The highest BCUT2D eigenvalue weighted by Gasteiger charge is 2.52. The standard InChI is InChI=1S/C7Cl3F3N2O6S/c8-1-4(14(16)17)2(9)6(3(10)5(1)15(18)19)22(20,21)7(11,12)13.